The molecule has 3 heteroatoms. The average molecular weight is 235 g/mol. The van der Waals surface area contributed by atoms with Crippen LogP contribution in [0.1, 0.15) is 58.2 Å². The highest BCUT2D eigenvalue weighted by molar-refractivity contribution is 5.07. The predicted octanol–water partition coefficient (Wildman–Crippen LogP) is 2.91. The van der Waals surface area contributed by atoms with Gasteiger partial charge in [-0.2, -0.15) is 5.10 Å². The number of aromatic nitrogens is 2. The van der Waals surface area contributed by atoms with Gasteiger partial charge >= 0.3 is 0 Å². The van der Waals surface area contributed by atoms with E-state index in [2.05, 4.69) is 38.1 Å². The molecule has 1 aliphatic rings. The number of hydrogen-bond acceptors (Lipinski definition) is 2. The molecule has 2 atom stereocenters. The minimum absolute atomic E-state index is 0.0200. The molecule has 1 aromatic heterocycles. The van der Waals surface area contributed by atoms with Crippen molar-refractivity contribution in [2.24, 2.45) is 11.7 Å². The molecule has 0 spiro atoms. The zero-order valence-corrected chi connectivity index (χ0v) is 11.3. The Morgan fingerprint density at radius 1 is 1.59 bits per heavy atom. The SMILES string of the molecule is CC1CCCC(N)(Cc2ccn(C(C)C)n2)C1. The Balaban J connectivity index is 2.03. The summed E-state index contributed by atoms with van der Waals surface area (Å²) in [5.74, 6) is 0.765. The summed E-state index contributed by atoms with van der Waals surface area (Å²) in [5.41, 5.74) is 7.65. The minimum atomic E-state index is -0.0200. The molecule has 0 amide bonds. The van der Waals surface area contributed by atoms with Crippen molar-refractivity contribution in [1.82, 2.24) is 9.78 Å². The summed E-state index contributed by atoms with van der Waals surface area (Å²) in [4.78, 5) is 0. The summed E-state index contributed by atoms with van der Waals surface area (Å²) in [6.07, 6.45) is 7.88. The minimum Gasteiger partial charge on any atom is -0.325 e. The smallest absolute Gasteiger partial charge is 0.0643 e. The molecule has 2 unspecified atom stereocenters. The first-order chi connectivity index (χ1) is 7.98. The number of nitrogens with two attached hydrogens (primary N) is 1. The molecule has 1 aromatic rings. The Bertz CT molecular complexity index is 369. The van der Waals surface area contributed by atoms with Gasteiger partial charge in [0.25, 0.3) is 0 Å². The summed E-state index contributed by atoms with van der Waals surface area (Å²) in [5, 5.41) is 4.61. The highest BCUT2D eigenvalue weighted by Gasteiger charge is 2.31. The molecule has 0 radical (unpaired) electrons. The van der Waals surface area contributed by atoms with Gasteiger partial charge in [-0.1, -0.05) is 19.8 Å². The van der Waals surface area contributed by atoms with Gasteiger partial charge in [-0.25, -0.2) is 0 Å². The quantitative estimate of drug-likeness (QED) is 0.875. The molecule has 0 bridgehead atoms. The Hall–Kier alpha value is -0.830. The lowest BCUT2D eigenvalue weighted by molar-refractivity contribution is 0.233. The normalized spacial score (nSPS) is 29.8. The monoisotopic (exact) mass is 235 g/mol. The van der Waals surface area contributed by atoms with Crippen molar-refractivity contribution in [3.63, 3.8) is 0 Å². The molecule has 1 saturated carbocycles. The molecule has 2 rings (SSSR count). The van der Waals surface area contributed by atoms with Crippen molar-refractivity contribution < 1.29 is 0 Å². The van der Waals surface area contributed by atoms with Crippen LogP contribution in [0.5, 0.6) is 0 Å². The lowest BCUT2D eigenvalue weighted by Gasteiger charge is -2.36. The van der Waals surface area contributed by atoms with Crippen LogP contribution in [-0.2, 0) is 6.42 Å². The van der Waals surface area contributed by atoms with Gasteiger partial charge in [-0.15, -0.1) is 0 Å². The van der Waals surface area contributed by atoms with Crippen LogP contribution in [0.4, 0.5) is 0 Å². The van der Waals surface area contributed by atoms with E-state index in [1.807, 2.05) is 4.68 Å². The van der Waals surface area contributed by atoms with Gasteiger partial charge in [0.1, 0.15) is 0 Å². The molecule has 1 heterocycles. The van der Waals surface area contributed by atoms with Crippen LogP contribution in [0.3, 0.4) is 0 Å². The van der Waals surface area contributed by atoms with Crippen molar-refractivity contribution >= 4 is 0 Å². The maximum absolute atomic E-state index is 6.52. The second kappa shape index (κ2) is 4.81. The molecular formula is C14H25N3. The van der Waals surface area contributed by atoms with Gasteiger partial charge in [0.05, 0.1) is 5.69 Å². The Kier molecular flexibility index (Phi) is 3.57. The molecule has 0 aromatic carbocycles. The van der Waals surface area contributed by atoms with Crippen molar-refractivity contribution in [2.45, 2.75) is 64.5 Å². The lowest BCUT2D eigenvalue weighted by Crippen LogP contribution is -2.45. The molecule has 3 nitrogen and oxygen atoms in total. The lowest BCUT2D eigenvalue weighted by atomic mass is 9.75. The van der Waals surface area contributed by atoms with Crippen molar-refractivity contribution in [2.75, 3.05) is 0 Å². The molecule has 96 valence electrons. The summed E-state index contributed by atoms with van der Waals surface area (Å²) in [7, 11) is 0. The standard InChI is InChI=1S/C14H25N3/c1-11(2)17-8-6-13(16-17)10-14(15)7-4-5-12(3)9-14/h6,8,11-12H,4-5,7,9-10,15H2,1-3H3. The third kappa shape index (κ3) is 3.09. The van der Waals surface area contributed by atoms with Crippen molar-refractivity contribution in [3.05, 3.63) is 18.0 Å². The second-order valence-electron chi connectivity index (χ2n) is 6.12. The van der Waals surface area contributed by atoms with Crippen LogP contribution in [-0.4, -0.2) is 15.3 Å². The van der Waals surface area contributed by atoms with E-state index in [9.17, 15) is 0 Å². The van der Waals surface area contributed by atoms with E-state index in [1.54, 1.807) is 0 Å². The topological polar surface area (TPSA) is 43.8 Å². The zero-order chi connectivity index (χ0) is 12.5. The van der Waals surface area contributed by atoms with Crippen molar-refractivity contribution in [1.29, 1.82) is 0 Å². The summed E-state index contributed by atoms with van der Waals surface area (Å²) >= 11 is 0. The molecule has 1 aliphatic carbocycles. The van der Waals surface area contributed by atoms with E-state index >= 15 is 0 Å². The highest BCUT2D eigenvalue weighted by atomic mass is 15.3. The molecule has 0 saturated heterocycles. The Labute approximate surface area is 104 Å². The zero-order valence-electron chi connectivity index (χ0n) is 11.3. The van der Waals surface area contributed by atoms with Gasteiger partial charge in [0.15, 0.2) is 0 Å². The Morgan fingerprint density at radius 3 is 2.94 bits per heavy atom. The number of nitrogens with zero attached hydrogens (tertiary/aromatic N) is 2. The van der Waals surface area contributed by atoms with Gasteiger partial charge in [-0.3, -0.25) is 4.68 Å². The fourth-order valence-corrected chi connectivity index (χ4v) is 2.98. The van der Waals surface area contributed by atoms with E-state index in [-0.39, 0.29) is 5.54 Å². The third-order valence-electron chi connectivity index (χ3n) is 3.85. The van der Waals surface area contributed by atoms with Crippen LogP contribution >= 0.6 is 0 Å². The molecule has 2 N–H and O–H groups in total. The number of hydrogen-bond donors (Lipinski definition) is 1. The van der Waals surface area contributed by atoms with Gasteiger partial charge in [-0.05, 0) is 38.7 Å². The van der Waals surface area contributed by atoms with E-state index in [0.717, 1.165) is 30.9 Å². The second-order valence-corrected chi connectivity index (χ2v) is 6.12. The molecule has 0 aliphatic heterocycles. The van der Waals surface area contributed by atoms with Crippen LogP contribution in [0.2, 0.25) is 0 Å². The first-order valence-electron chi connectivity index (χ1n) is 6.81. The van der Waals surface area contributed by atoms with Crippen LogP contribution < -0.4 is 5.73 Å². The first-order valence-corrected chi connectivity index (χ1v) is 6.81. The first kappa shape index (κ1) is 12.6. The van der Waals surface area contributed by atoms with Crippen LogP contribution in [0.25, 0.3) is 0 Å². The summed E-state index contributed by atoms with van der Waals surface area (Å²) < 4.78 is 2.02. The maximum Gasteiger partial charge on any atom is 0.0643 e. The molecular weight excluding hydrogens is 210 g/mol. The maximum atomic E-state index is 6.52. The van der Waals surface area contributed by atoms with E-state index in [4.69, 9.17) is 5.73 Å². The fraction of sp³-hybridized carbons (Fsp3) is 0.786. The third-order valence-corrected chi connectivity index (χ3v) is 3.85. The Morgan fingerprint density at radius 2 is 2.35 bits per heavy atom. The molecule has 1 fully saturated rings. The average Bonchev–Trinajstić information content (AvgIpc) is 2.64. The van der Waals surface area contributed by atoms with E-state index < -0.39 is 0 Å². The van der Waals surface area contributed by atoms with Gasteiger partial charge in [0, 0.05) is 24.2 Å². The van der Waals surface area contributed by atoms with Gasteiger partial charge < -0.3 is 5.73 Å². The van der Waals surface area contributed by atoms with Crippen LogP contribution in [0, 0.1) is 5.92 Å². The fourth-order valence-electron chi connectivity index (χ4n) is 2.98. The predicted molar refractivity (Wildman–Crippen MR) is 70.9 cm³/mol. The summed E-state index contributed by atoms with van der Waals surface area (Å²) in [6, 6.07) is 2.55. The summed E-state index contributed by atoms with van der Waals surface area (Å²) in [6.45, 7) is 6.61. The highest BCUT2D eigenvalue weighted by Crippen LogP contribution is 2.32. The van der Waals surface area contributed by atoms with Crippen LogP contribution in [0.15, 0.2) is 12.3 Å². The van der Waals surface area contributed by atoms with E-state index in [0.29, 0.717) is 6.04 Å². The largest absolute Gasteiger partial charge is 0.325 e. The van der Waals surface area contributed by atoms with Gasteiger partial charge in [0.2, 0.25) is 0 Å². The van der Waals surface area contributed by atoms with Crippen molar-refractivity contribution in [3.8, 4) is 0 Å². The molecule has 17 heavy (non-hydrogen) atoms. The van der Waals surface area contributed by atoms with E-state index in [1.165, 1.54) is 12.8 Å². The number of rotatable bonds is 3.